The first-order chi connectivity index (χ1) is 7.42. The standard InChI is InChI=1S/C11H22N2O2S/c1-11(2,3)15-10(14)13-9-7-16-5-4-8(9)6-12/h8-9H,4-7,12H2,1-3H3,(H,13,14)/t8-,9-/m1/s1. The topological polar surface area (TPSA) is 64.3 Å². The molecule has 1 saturated heterocycles. The lowest BCUT2D eigenvalue weighted by atomic mass is 9.98. The third kappa shape index (κ3) is 4.61. The van der Waals surface area contributed by atoms with Crippen LogP contribution in [0.3, 0.4) is 0 Å². The van der Waals surface area contributed by atoms with Gasteiger partial charge in [-0.05, 0) is 45.4 Å². The summed E-state index contributed by atoms with van der Waals surface area (Å²) in [6.45, 7) is 6.22. The SMILES string of the molecule is CC(C)(C)OC(=O)N[C@@H]1CSCC[C@@H]1CN. The Hall–Kier alpha value is -0.420. The van der Waals surface area contributed by atoms with E-state index in [0.29, 0.717) is 12.5 Å². The molecule has 5 heteroatoms. The fourth-order valence-corrected chi connectivity index (χ4v) is 2.93. The molecule has 0 saturated carbocycles. The van der Waals surface area contributed by atoms with Crippen molar-refractivity contribution in [3.8, 4) is 0 Å². The van der Waals surface area contributed by atoms with Crippen LogP contribution in [-0.2, 0) is 4.74 Å². The Morgan fingerprint density at radius 1 is 1.56 bits per heavy atom. The van der Waals surface area contributed by atoms with Gasteiger partial charge in [0, 0.05) is 11.8 Å². The van der Waals surface area contributed by atoms with Gasteiger partial charge in [0.15, 0.2) is 0 Å². The van der Waals surface area contributed by atoms with Crippen LogP contribution in [0.1, 0.15) is 27.2 Å². The number of amides is 1. The molecule has 3 N–H and O–H groups in total. The van der Waals surface area contributed by atoms with Gasteiger partial charge < -0.3 is 15.8 Å². The molecule has 0 aliphatic carbocycles. The van der Waals surface area contributed by atoms with Crippen LogP contribution in [0.4, 0.5) is 4.79 Å². The van der Waals surface area contributed by atoms with Crippen molar-refractivity contribution < 1.29 is 9.53 Å². The van der Waals surface area contributed by atoms with Crippen LogP contribution in [0.25, 0.3) is 0 Å². The first-order valence-electron chi connectivity index (χ1n) is 5.69. The fourth-order valence-electron chi connectivity index (χ4n) is 1.68. The van der Waals surface area contributed by atoms with Gasteiger partial charge in [0.1, 0.15) is 5.60 Å². The van der Waals surface area contributed by atoms with Gasteiger partial charge in [-0.25, -0.2) is 4.79 Å². The minimum atomic E-state index is -0.440. The monoisotopic (exact) mass is 246 g/mol. The normalized spacial score (nSPS) is 26.2. The molecule has 0 radical (unpaired) electrons. The lowest BCUT2D eigenvalue weighted by Gasteiger charge is -2.31. The number of rotatable bonds is 2. The summed E-state index contributed by atoms with van der Waals surface area (Å²) in [5, 5.41) is 2.91. The van der Waals surface area contributed by atoms with E-state index in [2.05, 4.69) is 5.32 Å². The van der Waals surface area contributed by atoms with E-state index in [1.165, 1.54) is 0 Å². The van der Waals surface area contributed by atoms with Crippen LogP contribution in [-0.4, -0.2) is 35.8 Å². The van der Waals surface area contributed by atoms with Crippen LogP contribution in [0.5, 0.6) is 0 Å². The van der Waals surface area contributed by atoms with Gasteiger partial charge in [-0.15, -0.1) is 0 Å². The summed E-state index contributed by atoms with van der Waals surface area (Å²) < 4.78 is 5.23. The minimum Gasteiger partial charge on any atom is -0.444 e. The molecule has 0 aromatic carbocycles. The van der Waals surface area contributed by atoms with E-state index in [1.807, 2.05) is 32.5 Å². The van der Waals surface area contributed by atoms with E-state index in [4.69, 9.17) is 10.5 Å². The zero-order chi connectivity index (χ0) is 12.2. The summed E-state index contributed by atoms with van der Waals surface area (Å²) in [4.78, 5) is 11.6. The second-order valence-corrected chi connectivity index (χ2v) is 6.26. The quantitative estimate of drug-likeness (QED) is 0.776. The van der Waals surface area contributed by atoms with Gasteiger partial charge >= 0.3 is 6.09 Å². The molecule has 0 aromatic heterocycles. The first-order valence-corrected chi connectivity index (χ1v) is 6.85. The molecule has 0 spiro atoms. The molecule has 1 rings (SSSR count). The molecule has 2 atom stereocenters. The molecule has 1 fully saturated rings. The Morgan fingerprint density at radius 2 is 2.25 bits per heavy atom. The lowest BCUT2D eigenvalue weighted by molar-refractivity contribution is 0.0492. The smallest absolute Gasteiger partial charge is 0.407 e. The van der Waals surface area contributed by atoms with Gasteiger partial charge in [0.05, 0.1) is 0 Å². The van der Waals surface area contributed by atoms with Crippen LogP contribution in [0, 0.1) is 5.92 Å². The van der Waals surface area contributed by atoms with Crippen LogP contribution in [0.15, 0.2) is 0 Å². The number of thioether (sulfide) groups is 1. The van der Waals surface area contributed by atoms with E-state index in [9.17, 15) is 4.79 Å². The maximum Gasteiger partial charge on any atom is 0.407 e. The second-order valence-electron chi connectivity index (χ2n) is 5.11. The van der Waals surface area contributed by atoms with Crippen molar-refractivity contribution in [2.75, 3.05) is 18.1 Å². The number of ether oxygens (including phenoxy) is 1. The average Bonchev–Trinajstić information content (AvgIpc) is 2.15. The number of carbonyl (C=O) groups is 1. The predicted octanol–water partition coefficient (Wildman–Crippen LogP) is 1.59. The molecule has 94 valence electrons. The van der Waals surface area contributed by atoms with Gasteiger partial charge in [0.2, 0.25) is 0 Å². The summed E-state index contributed by atoms with van der Waals surface area (Å²) in [6, 6.07) is 0.151. The van der Waals surface area contributed by atoms with Gasteiger partial charge in [-0.3, -0.25) is 0 Å². The molecule has 1 aliphatic rings. The number of hydrogen-bond donors (Lipinski definition) is 2. The van der Waals surface area contributed by atoms with Crippen molar-refractivity contribution in [3.05, 3.63) is 0 Å². The lowest BCUT2D eigenvalue weighted by Crippen LogP contribution is -2.48. The largest absolute Gasteiger partial charge is 0.444 e. The van der Waals surface area contributed by atoms with Crippen molar-refractivity contribution in [1.29, 1.82) is 0 Å². The summed E-state index contributed by atoms with van der Waals surface area (Å²) in [7, 11) is 0. The molecule has 0 unspecified atom stereocenters. The number of carbonyl (C=O) groups excluding carboxylic acids is 1. The van der Waals surface area contributed by atoms with E-state index in [-0.39, 0.29) is 12.1 Å². The molecule has 1 aliphatic heterocycles. The highest BCUT2D eigenvalue weighted by Gasteiger charge is 2.27. The highest BCUT2D eigenvalue weighted by Crippen LogP contribution is 2.22. The Kier molecular flexibility index (Phi) is 4.92. The van der Waals surface area contributed by atoms with Crippen LogP contribution < -0.4 is 11.1 Å². The maximum absolute atomic E-state index is 11.6. The molecular formula is C11H22N2O2S. The zero-order valence-corrected chi connectivity index (χ0v) is 11.1. The van der Waals surface area contributed by atoms with Crippen molar-refractivity contribution in [2.24, 2.45) is 11.7 Å². The summed E-state index contributed by atoms with van der Waals surface area (Å²) in [5.74, 6) is 2.45. The van der Waals surface area contributed by atoms with E-state index in [0.717, 1.165) is 17.9 Å². The third-order valence-corrected chi connectivity index (χ3v) is 3.62. The van der Waals surface area contributed by atoms with Crippen molar-refractivity contribution in [2.45, 2.75) is 38.8 Å². The van der Waals surface area contributed by atoms with Crippen LogP contribution in [0.2, 0.25) is 0 Å². The van der Waals surface area contributed by atoms with Gasteiger partial charge in [0.25, 0.3) is 0 Å². The number of nitrogens with one attached hydrogen (secondary N) is 1. The summed E-state index contributed by atoms with van der Waals surface area (Å²) >= 11 is 1.86. The first kappa shape index (κ1) is 13.6. The highest BCUT2D eigenvalue weighted by atomic mass is 32.2. The molecule has 4 nitrogen and oxygen atoms in total. The third-order valence-electron chi connectivity index (χ3n) is 2.50. The van der Waals surface area contributed by atoms with Gasteiger partial charge in [-0.2, -0.15) is 11.8 Å². The Morgan fingerprint density at radius 3 is 2.81 bits per heavy atom. The minimum absolute atomic E-state index is 0.151. The summed E-state index contributed by atoms with van der Waals surface area (Å²) in [6.07, 6.45) is 0.736. The van der Waals surface area contributed by atoms with Crippen molar-refractivity contribution >= 4 is 17.9 Å². The molecule has 1 heterocycles. The van der Waals surface area contributed by atoms with E-state index in [1.54, 1.807) is 0 Å². The number of hydrogen-bond acceptors (Lipinski definition) is 4. The molecule has 1 amide bonds. The summed E-state index contributed by atoms with van der Waals surface area (Å²) in [5.41, 5.74) is 5.25. The predicted molar refractivity (Wildman–Crippen MR) is 67.6 cm³/mol. The fraction of sp³-hybridized carbons (Fsp3) is 0.909. The zero-order valence-electron chi connectivity index (χ0n) is 10.3. The Balaban J connectivity index is 2.42. The maximum atomic E-state index is 11.6. The highest BCUT2D eigenvalue weighted by molar-refractivity contribution is 7.99. The number of alkyl carbamates (subject to hydrolysis) is 1. The van der Waals surface area contributed by atoms with E-state index < -0.39 is 5.60 Å². The molecule has 0 aromatic rings. The average molecular weight is 246 g/mol. The Bertz CT molecular complexity index is 241. The number of nitrogens with two attached hydrogens (primary N) is 1. The van der Waals surface area contributed by atoms with Crippen molar-refractivity contribution in [1.82, 2.24) is 5.32 Å². The van der Waals surface area contributed by atoms with Gasteiger partial charge in [-0.1, -0.05) is 0 Å². The van der Waals surface area contributed by atoms with E-state index >= 15 is 0 Å². The van der Waals surface area contributed by atoms with Crippen molar-refractivity contribution in [3.63, 3.8) is 0 Å². The molecular weight excluding hydrogens is 224 g/mol. The molecule has 0 bridgehead atoms. The molecule has 16 heavy (non-hydrogen) atoms. The second kappa shape index (κ2) is 5.77. The van der Waals surface area contributed by atoms with Crippen LogP contribution >= 0.6 is 11.8 Å². The Labute approximate surface area is 102 Å².